The summed E-state index contributed by atoms with van der Waals surface area (Å²) in [4.78, 5) is 0. The van der Waals surface area contributed by atoms with Crippen LogP contribution in [0.2, 0.25) is 5.02 Å². The van der Waals surface area contributed by atoms with Crippen molar-refractivity contribution >= 4 is 17.4 Å². The molecule has 2 rings (SSSR count). The molecular formula is C15H21ClN2O. The molecule has 1 aromatic carbocycles. The van der Waals surface area contributed by atoms with E-state index in [1.54, 1.807) is 12.1 Å². The number of nitrogen functional groups attached to an aromatic ring is 1. The molecule has 1 aliphatic carbocycles. The van der Waals surface area contributed by atoms with E-state index in [4.69, 9.17) is 27.5 Å². The fourth-order valence-electron chi connectivity index (χ4n) is 2.77. The average molecular weight is 281 g/mol. The zero-order valence-corrected chi connectivity index (χ0v) is 12.0. The molecule has 0 amide bonds. The molecule has 0 heterocycles. The Hall–Kier alpha value is -1.22. The van der Waals surface area contributed by atoms with E-state index in [-0.39, 0.29) is 11.9 Å². The van der Waals surface area contributed by atoms with Crippen LogP contribution in [0.5, 0.6) is 5.75 Å². The number of nitrogens with one attached hydrogen (secondary N) is 1. The topological polar surface area (TPSA) is 59.1 Å². The standard InChI is InChI=1S/C15H21ClN2O/c1-2-10-5-3-4-6-13(10)19-14-8-7-11(16)9-12(14)15(17)18/h7-10,13H,2-6H2,1H3,(H3,17,18). The Bertz CT molecular complexity index is 461. The number of rotatable bonds is 4. The van der Waals surface area contributed by atoms with Crippen molar-refractivity contribution < 1.29 is 4.74 Å². The number of benzene rings is 1. The minimum absolute atomic E-state index is 0.00126. The van der Waals surface area contributed by atoms with Crippen molar-refractivity contribution in [3.63, 3.8) is 0 Å². The molecule has 2 atom stereocenters. The van der Waals surface area contributed by atoms with E-state index < -0.39 is 0 Å². The summed E-state index contributed by atoms with van der Waals surface area (Å²) in [7, 11) is 0. The molecule has 0 aromatic heterocycles. The predicted molar refractivity (Wildman–Crippen MR) is 79.1 cm³/mol. The third kappa shape index (κ3) is 3.41. The van der Waals surface area contributed by atoms with Crippen molar-refractivity contribution in [3.05, 3.63) is 28.8 Å². The van der Waals surface area contributed by atoms with Crippen LogP contribution in [0.15, 0.2) is 18.2 Å². The highest BCUT2D eigenvalue weighted by Crippen LogP contribution is 2.32. The maximum Gasteiger partial charge on any atom is 0.130 e. The van der Waals surface area contributed by atoms with E-state index in [1.807, 2.05) is 6.07 Å². The summed E-state index contributed by atoms with van der Waals surface area (Å²) >= 11 is 5.95. The second-order valence-corrected chi connectivity index (χ2v) is 5.60. The maximum atomic E-state index is 7.62. The monoisotopic (exact) mass is 280 g/mol. The summed E-state index contributed by atoms with van der Waals surface area (Å²) in [5.41, 5.74) is 6.19. The van der Waals surface area contributed by atoms with E-state index in [0.29, 0.717) is 22.3 Å². The molecule has 0 bridgehead atoms. The lowest BCUT2D eigenvalue weighted by molar-refractivity contribution is 0.0902. The highest BCUT2D eigenvalue weighted by atomic mass is 35.5. The van der Waals surface area contributed by atoms with E-state index >= 15 is 0 Å². The van der Waals surface area contributed by atoms with Gasteiger partial charge in [0, 0.05) is 5.02 Å². The summed E-state index contributed by atoms with van der Waals surface area (Å²) in [5.74, 6) is 1.29. The molecule has 1 aliphatic rings. The van der Waals surface area contributed by atoms with Gasteiger partial charge in [-0.3, -0.25) is 5.41 Å². The average Bonchev–Trinajstić information content (AvgIpc) is 2.41. The van der Waals surface area contributed by atoms with Crippen LogP contribution >= 0.6 is 11.6 Å². The molecule has 3 N–H and O–H groups in total. The molecule has 0 radical (unpaired) electrons. The van der Waals surface area contributed by atoms with Crippen LogP contribution in [0.3, 0.4) is 0 Å². The number of nitrogens with two attached hydrogens (primary N) is 1. The Morgan fingerprint density at radius 1 is 1.42 bits per heavy atom. The van der Waals surface area contributed by atoms with Gasteiger partial charge in [-0.25, -0.2) is 0 Å². The fourth-order valence-corrected chi connectivity index (χ4v) is 2.95. The van der Waals surface area contributed by atoms with Crippen LogP contribution in [0.4, 0.5) is 0 Å². The first-order valence-electron chi connectivity index (χ1n) is 6.92. The van der Waals surface area contributed by atoms with E-state index in [9.17, 15) is 0 Å². The summed E-state index contributed by atoms with van der Waals surface area (Å²) in [6, 6.07) is 5.30. The largest absolute Gasteiger partial charge is 0.489 e. The number of halogens is 1. The summed E-state index contributed by atoms with van der Waals surface area (Å²) in [6.45, 7) is 2.21. The lowest BCUT2D eigenvalue weighted by Gasteiger charge is -2.31. The second-order valence-electron chi connectivity index (χ2n) is 5.16. The SMILES string of the molecule is CCC1CCCCC1Oc1ccc(Cl)cc1C(=N)N. The van der Waals surface area contributed by atoms with Crippen LogP contribution in [0.1, 0.15) is 44.6 Å². The van der Waals surface area contributed by atoms with Gasteiger partial charge in [0.25, 0.3) is 0 Å². The van der Waals surface area contributed by atoms with Crippen molar-refractivity contribution in [2.75, 3.05) is 0 Å². The van der Waals surface area contributed by atoms with Crippen LogP contribution in [0.25, 0.3) is 0 Å². The van der Waals surface area contributed by atoms with Crippen LogP contribution in [-0.4, -0.2) is 11.9 Å². The van der Waals surface area contributed by atoms with Gasteiger partial charge in [0.15, 0.2) is 0 Å². The van der Waals surface area contributed by atoms with Gasteiger partial charge in [-0.1, -0.05) is 24.9 Å². The van der Waals surface area contributed by atoms with Crippen LogP contribution < -0.4 is 10.5 Å². The summed E-state index contributed by atoms with van der Waals surface area (Å²) in [5, 5.41) is 8.20. The molecule has 1 aromatic rings. The Balaban J connectivity index is 2.20. The normalized spacial score (nSPS) is 23.1. The minimum Gasteiger partial charge on any atom is -0.489 e. The molecule has 104 valence electrons. The van der Waals surface area contributed by atoms with Crippen molar-refractivity contribution in [2.45, 2.75) is 45.1 Å². The number of amidine groups is 1. The first-order chi connectivity index (χ1) is 9.11. The number of hydrogen-bond acceptors (Lipinski definition) is 2. The van der Waals surface area contributed by atoms with Crippen molar-refractivity contribution in [1.29, 1.82) is 5.41 Å². The zero-order chi connectivity index (χ0) is 13.8. The van der Waals surface area contributed by atoms with Gasteiger partial charge in [0.05, 0.1) is 5.56 Å². The van der Waals surface area contributed by atoms with Crippen molar-refractivity contribution in [1.82, 2.24) is 0 Å². The highest BCUT2D eigenvalue weighted by Gasteiger charge is 2.26. The molecule has 0 saturated heterocycles. The first kappa shape index (κ1) is 14.2. The molecule has 2 unspecified atom stereocenters. The van der Waals surface area contributed by atoms with Gasteiger partial charge in [-0.05, 0) is 49.8 Å². The van der Waals surface area contributed by atoms with Gasteiger partial charge in [0.2, 0.25) is 0 Å². The summed E-state index contributed by atoms with van der Waals surface area (Å²) in [6.07, 6.45) is 6.18. The van der Waals surface area contributed by atoms with Crippen molar-refractivity contribution in [3.8, 4) is 5.75 Å². The van der Waals surface area contributed by atoms with Crippen molar-refractivity contribution in [2.24, 2.45) is 11.7 Å². The van der Waals surface area contributed by atoms with Gasteiger partial charge in [-0.15, -0.1) is 0 Å². The smallest absolute Gasteiger partial charge is 0.130 e. The summed E-state index contributed by atoms with van der Waals surface area (Å²) < 4.78 is 6.13. The lowest BCUT2D eigenvalue weighted by atomic mass is 9.84. The van der Waals surface area contributed by atoms with Gasteiger partial charge in [-0.2, -0.15) is 0 Å². The quantitative estimate of drug-likeness (QED) is 0.647. The highest BCUT2D eigenvalue weighted by molar-refractivity contribution is 6.31. The molecule has 19 heavy (non-hydrogen) atoms. The molecule has 0 spiro atoms. The molecule has 3 nitrogen and oxygen atoms in total. The van der Waals surface area contributed by atoms with Gasteiger partial charge < -0.3 is 10.5 Å². The fraction of sp³-hybridized carbons (Fsp3) is 0.533. The van der Waals surface area contributed by atoms with Crippen LogP contribution in [-0.2, 0) is 0 Å². The maximum absolute atomic E-state index is 7.62. The predicted octanol–water partition coefficient (Wildman–Crippen LogP) is 3.97. The Labute approximate surface area is 119 Å². The van der Waals surface area contributed by atoms with Gasteiger partial charge >= 0.3 is 0 Å². The number of ether oxygens (including phenoxy) is 1. The Kier molecular flexibility index (Phi) is 4.70. The Morgan fingerprint density at radius 2 is 2.16 bits per heavy atom. The molecule has 1 saturated carbocycles. The Morgan fingerprint density at radius 3 is 2.84 bits per heavy atom. The molecule has 1 fully saturated rings. The molecule has 4 heteroatoms. The zero-order valence-electron chi connectivity index (χ0n) is 11.3. The van der Waals surface area contributed by atoms with Crippen LogP contribution in [0, 0.1) is 11.3 Å². The minimum atomic E-state index is 0.00126. The number of hydrogen-bond donors (Lipinski definition) is 2. The van der Waals surface area contributed by atoms with E-state index in [0.717, 1.165) is 12.8 Å². The van der Waals surface area contributed by atoms with E-state index in [1.165, 1.54) is 19.3 Å². The first-order valence-corrected chi connectivity index (χ1v) is 7.30. The lowest BCUT2D eigenvalue weighted by Crippen LogP contribution is -2.30. The third-order valence-corrected chi connectivity index (χ3v) is 4.11. The second kappa shape index (κ2) is 6.29. The molecule has 0 aliphatic heterocycles. The van der Waals surface area contributed by atoms with Gasteiger partial charge in [0.1, 0.15) is 17.7 Å². The molecular weight excluding hydrogens is 260 g/mol. The third-order valence-electron chi connectivity index (χ3n) is 3.87. The van der Waals surface area contributed by atoms with E-state index in [2.05, 4.69) is 6.92 Å².